The molecule has 0 aliphatic carbocycles. The highest BCUT2D eigenvalue weighted by atomic mass is 16.5. The van der Waals surface area contributed by atoms with Crippen molar-refractivity contribution in [3.63, 3.8) is 0 Å². The summed E-state index contributed by atoms with van der Waals surface area (Å²) in [5, 5.41) is 0. The Balaban J connectivity index is 1.76. The third kappa shape index (κ3) is 2.40. The van der Waals surface area contributed by atoms with E-state index in [0.717, 1.165) is 11.3 Å². The van der Waals surface area contributed by atoms with Crippen molar-refractivity contribution in [2.45, 2.75) is 12.3 Å². The summed E-state index contributed by atoms with van der Waals surface area (Å²) in [4.78, 5) is 30.5. The molecule has 2 heterocycles. The lowest BCUT2D eigenvalue weighted by Gasteiger charge is -2.43. The van der Waals surface area contributed by atoms with Crippen molar-refractivity contribution in [3.05, 3.63) is 89.5 Å². The Hall–Kier alpha value is -3.64. The Labute approximate surface area is 174 Å². The number of amides is 2. The van der Waals surface area contributed by atoms with Gasteiger partial charge in [0.05, 0.1) is 25.1 Å². The van der Waals surface area contributed by atoms with E-state index in [-0.39, 0.29) is 18.4 Å². The number of hydrogen-bond donors (Lipinski definition) is 0. The van der Waals surface area contributed by atoms with E-state index in [1.54, 1.807) is 43.3 Å². The lowest BCUT2D eigenvalue weighted by molar-refractivity contribution is -0.146. The third-order valence-electron chi connectivity index (χ3n) is 5.73. The minimum atomic E-state index is -1.56. The first-order valence-corrected chi connectivity index (χ1v) is 9.66. The number of ether oxygens (including phenoxy) is 2. The third-order valence-corrected chi connectivity index (χ3v) is 5.73. The maximum absolute atomic E-state index is 13.9. The zero-order valence-electron chi connectivity index (χ0n) is 16.7. The number of anilines is 2. The Morgan fingerprint density at radius 2 is 1.73 bits per heavy atom. The van der Waals surface area contributed by atoms with Crippen molar-refractivity contribution in [1.29, 1.82) is 0 Å². The van der Waals surface area contributed by atoms with Crippen molar-refractivity contribution >= 4 is 23.2 Å². The molecule has 0 N–H and O–H groups in total. The van der Waals surface area contributed by atoms with Crippen molar-refractivity contribution in [1.82, 2.24) is 0 Å². The predicted molar refractivity (Wildman–Crippen MR) is 113 cm³/mol. The summed E-state index contributed by atoms with van der Waals surface area (Å²) in [6.07, 6.45) is 0. The van der Waals surface area contributed by atoms with E-state index in [0.29, 0.717) is 22.6 Å². The van der Waals surface area contributed by atoms with E-state index in [9.17, 15) is 9.59 Å². The number of carbonyl (C=O) groups excluding carboxylic acids is 2. The molecule has 2 aliphatic heterocycles. The number of hydrogen-bond acceptors (Lipinski definition) is 4. The summed E-state index contributed by atoms with van der Waals surface area (Å²) in [7, 11) is 3.25. The Bertz CT molecular complexity index is 1180. The molecule has 6 heteroatoms. The highest BCUT2D eigenvalue weighted by Crippen LogP contribution is 2.50. The van der Waals surface area contributed by atoms with E-state index >= 15 is 0 Å². The molecule has 3 aromatic rings. The Morgan fingerprint density at radius 1 is 1.00 bits per heavy atom. The predicted octanol–water partition coefficient (Wildman–Crippen LogP) is 3.70. The molecule has 0 fully saturated rings. The van der Waals surface area contributed by atoms with Gasteiger partial charge in [-0.15, -0.1) is 0 Å². The van der Waals surface area contributed by atoms with Crippen molar-refractivity contribution in [2.75, 3.05) is 24.0 Å². The molecule has 6 nitrogen and oxygen atoms in total. The second-order valence-corrected chi connectivity index (χ2v) is 7.32. The van der Waals surface area contributed by atoms with Crippen LogP contribution in [0.5, 0.6) is 5.75 Å². The van der Waals surface area contributed by atoms with E-state index in [4.69, 9.17) is 9.47 Å². The first kappa shape index (κ1) is 18.4. The summed E-state index contributed by atoms with van der Waals surface area (Å²) in [5.74, 6) is -0.0645. The average Bonchev–Trinajstić information content (AvgIpc) is 3.01. The summed E-state index contributed by atoms with van der Waals surface area (Å²) in [5.41, 5.74) is 1.75. The number of para-hydroxylation sites is 2. The van der Waals surface area contributed by atoms with Crippen LogP contribution in [-0.4, -0.2) is 26.0 Å². The molecule has 5 rings (SSSR count). The van der Waals surface area contributed by atoms with E-state index in [1.807, 2.05) is 48.5 Å². The smallest absolute Gasteiger partial charge is 0.285 e. The SMILES string of the molecule is COc1cccc(C(=O)N2c3ccccc3COC23C(=O)N(C)c2ccccc23)c1. The van der Waals surface area contributed by atoms with Crippen molar-refractivity contribution in [2.24, 2.45) is 0 Å². The Morgan fingerprint density at radius 3 is 2.53 bits per heavy atom. The number of nitrogens with zero attached hydrogens (tertiary/aromatic N) is 2. The van der Waals surface area contributed by atoms with Gasteiger partial charge in [0.15, 0.2) is 0 Å². The molecule has 1 spiro atoms. The lowest BCUT2D eigenvalue weighted by Crippen LogP contribution is -2.59. The van der Waals surface area contributed by atoms with Gasteiger partial charge >= 0.3 is 0 Å². The van der Waals surface area contributed by atoms with Crippen LogP contribution in [0.2, 0.25) is 0 Å². The fourth-order valence-corrected chi connectivity index (χ4v) is 4.27. The molecule has 2 amide bonds. The second-order valence-electron chi connectivity index (χ2n) is 7.32. The molecule has 0 aromatic heterocycles. The minimum Gasteiger partial charge on any atom is -0.497 e. The van der Waals surface area contributed by atoms with Crippen LogP contribution in [0, 0.1) is 0 Å². The van der Waals surface area contributed by atoms with Crippen LogP contribution in [0.1, 0.15) is 21.5 Å². The van der Waals surface area contributed by atoms with Gasteiger partial charge in [-0.2, -0.15) is 0 Å². The van der Waals surface area contributed by atoms with E-state index < -0.39 is 5.72 Å². The van der Waals surface area contributed by atoms with Crippen LogP contribution in [0.4, 0.5) is 11.4 Å². The van der Waals surface area contributed by atoms with Gasteiger partial charge in [-0.25, -0.2) is 0 Å². The zero-order chi connectivity index (χ0) is 20.9. The maximum Gasteiger partial charge on any atom is 0.285 e. The monoisotopic (exact) mass is 400 g/mol. The van der Waals surface area contributed by atoms with Gasteiger partial charge in [-0.05, 0) is 30.3 Å². The van der Waals surface area contributed by atoms with Gasteiger partial charge in [0, 0.05) is 23.7 Å². The number of likely N-dealkylation sites (N-methyl/N-ethyl adjacent to an activating group) is 1. The number of methoxy groups -OCH3 is 1. The first-order valence-electron chi connectivity index (χ1n) is 9.66. The van der Waals surface area contributed by atoms with Crippen LogP contribution < -0.4 is 14.5 Å². The number of carbonyl (C=O) groups is 2. The molecule has 3 aromatic carbocycles. The summed E-state index contributed by atoms with van der Waals surface area (Å²) >= 11 is 0. The van der Waals surface area contributed by atoms with Crippen LogP contribution in [0.25, 0.3) is 0 Å². The van der Waals surface area contributed by atoms with E-state index in [1.165, 1.54) is 4.90 Å². The fraction of sp³-hybridized carbons (Fsp3) is 0.167. The molecular formula is C24H20N2O4. The average molecular weight is 400 g/mol. The summed E-state index contributed by atoms with van der Waals surface area (Å²) < 4.78 is 11.6. The zero-order valence-corrected chi connectivity index (χ0v) is 16.7. The molecular weight excluding hydrogens is 380 g/mol. The van der Waals surface area contributed by atoms with Gasteiger partial charge in [-0.3, -0.25) is 14.5 Å². The second kappa shape index (κ2) is 6.71. The van der Waals surface area contributed by atoms with Gasteiger partial charge < -0.3 is 14.4 Å². The van der Waals surface area contributed by atoms with Crippen molar-refractivity contribution in [3.8, 4) is 5.75 Å². The van der Waals surface area contributed by atoms with Gasteiger partial charge in [-0.1, -0.05) is 42.5 Å². The number of benzene rings is 3. The molecule has 0 saturated carbocycles. The standard InChI is InChI=1S/C24H20N2O4/c1-25-21-13-6-4-11-19(21)24(23(25)28)26(20-12-5-3-8-17(20)15-30-24)22(27)16-9-7-10-18(14-16)29-2/h3-14H,15H2,1-2H3. The highest BCUT2D eigenvalue weighted by Gasteiger charge is 2.59. The maximum atomic E-state index is 13.9. The Kier molecular flexibility index (Phi) is 4.11. The quantitative estimate of drug-likeness (QED) is 0.658. The summed E-state index contributed by atoms with van der Waals surface area (Å²) in [6, 6.07) is 21.9. The molecule has 0 bridgehead atoms. The first-order chi connectivity index (χ1) is 14.6. The lowest BCUT2D eigenvalue weighted by atomic mass is 9.96. The fourth-order valence-electron chi connectivity index (χ4n) is 4.27. The molecule has 1 atom stereocenters. The minimum absolute atomic E-state index is 0.228. The number of fused-ring (bicyclic) bond motifs is 3. The van der Waals surface area contributed by atoms with Crippen molar-refractivity contribution < 1.29 is 19.1 Å². The van der Waals surface area contributed by atoms with Crippen LogP contribution >= 0.6 is 0 Å². The van der Waals surface area contributed by atoms with Crippen LogP contribution in [-0.2, 0) is 21.9 Å². The molecule has 1 unspecified atom stereocenters. The molecule has 2 aliphatic rings. The van der Waals surface area contributed by atoms with Gasteiger partial charge in [0.1, 0.15) is 5.75 Å². The highest BCUT2D eigenvalue weighted by molar-refractivity contribution is 6.17. The van der Waals surface area contributed by atoms with Gasteiger partial charge in [0.25, 0.3) is 17.5 Å². The largest absolute Gasteiger partial charge is 0.497 e. The van der Waals surface area contributed by atoms with Gasteiger partial charge in [0.2, 0.25) is 0 Å². The molecule has 0 saturated heterocycles. The topological polar surface area (TPSA) is 59.1 Å². The van der Waals surface area contributed by atoms with E-state index in [2.05, 4.69) is 0 Å². The molecule has 30 heavy (non-hydrogen) atoms. The molecule has 0 radical (unpaired) electrons. The van der Waals surface area contributed by atoms with Crippen LogP contribution in [0.15, 0.2) is 72.8 Å². The number of rotatable bonds is 2. The summed E-state index contributed by atoms with van der Waals surface area (Å²) in [6.45, 7) is 0.228. The van der Waals surface area contributed by atoms with Crippen LogP contribution in [0.3, 0.4) is 0 Å². The molecule has 150 valence electrons. The normalized spacial score (nSPS) is 19.6.